The molecule has 1 N–H and O–H groups in total. The predicted octanol–water partition coefficient (Wildman–Crippen LogP) is 1.07. The summed E-state index contributed by atoms with van der Waals surface area (Å²) in [6, 6.07) is -0.0258. The lowest BCUT2D eigenvalue weighted by Crippen LogP contribution is -2.35. The van der Waals surface area contributed by atoms with Gasteiger partial charge in [0.1, 0.15) is 12.1 Å². The third kappa shape index (κ3) is 3.03. The second-order valence-electron chi connectivity index (χ2n) is 3.82. The van der Waals surface area contributed by atoms with Gasteiger partial charge < -0.3 is 5.32 Å². The Morgan fingerprint density at radius 1 is 1.50 bits per heavy atom. The maximum absolute atomic E-state index is 11.5. The van der Waals surface area contributed by atoms with E-state index >= 15 is 0 Å². The van der Waals surface area contributed by atoms with Crippen LogP contribution < -0.4 is 5.32 Å². The summed E-state index contributed by atoms with van der Waals surface area (Å²) < 4.78 is 23.8. The summed E-state index contributed by atoms with van der Waals surface area (Å²) in [5, 5.41) is 3.17. The minimum atomic E-state index is -2.87. The summed E-state index contributed by atoms with van der Waals surface area (Å²) in [5.41, 5.74) is 0. The summed E-state index contributed by atoms with van der Waals surface area (Å²) in [4.78, 5) is 7.99. The van der Waals surface area contributed by atoms with Gasteiger partial charge in [-0.15, -0.1) is 0 Å². The molecule has 1 aromatic rings. The minimum Gasteiger partial charge on any atom is -0.365 e. The standard InChI is InChI=1S/C9H12IN3O2S/c10-8-4-11-6-12-9(8)13-7-2-1-3-16(14,15)5-7/h4,6-7H,1-3,5H2,(H,11,12,13). The number of nitrogens with one attached hydrogen (secondary N) is 1. The van der Waals surface area contributed by atoms with E-state index in [0.29, 0.717) is 5.75 Å². The van der Waals surface area contributed by atoms with Crippen molar-refractivity contribution in [2.45, 2.75) is 18.9 Å². The average Bonchev–Trinajstić information content (AvgIpc) is 2.20. The molecule has 2 heterocycles. The number of halogens is 1. The van der Waals surface area contributed by atoms with Crippen LogP contribution in [-0.4, -0.2) is 35.9 Å². The second-order valence-corrected chi connectivity index (χ2v) is 7.21. The van der Waals surface area contributed by atoms with E-state index in [9.17, 15) is 8.42 Å². The molecule has 1 unspecified atom stereocenters. The quantitative estimate of drug-likeness (QED) is 0.806. The highest BCUT2D eigenvalue weighted by molar-refractivity contribution is 14.1. The number of rotatable bonds is 2. The molecule has 5 nitrogen and oxygen atoms in total. The van der Waals surface area contributed by atoms with Crippen molar-refractivity contribution in [1.29, 1.82) is 0 Å². The SMILES string of the molecule is O=S1(=O)CCCC(Nc2ncncc2I)C1. The van der Waals surface area contributed by atoms with E-state index in [4.69, 9.17) is 0 Å². The molecule has 0 amide bonds. The molecule has 7 heteroatoms. The highest BCUT2D eigenvalue weighted by Crippen LogP contribution is 2.19. The lowest BCUT2D eigenvalue weighted by atomic mass is 10.2. The number of aromatic nitrogens is 2. The Hall–Kier alpha value is -0.440. The molecule has 1 atom stereocenters. The summed E-state index contributed by atoms with van der Waals surface area (Å²) in [5.74, 6) is 1.23. The molecule has 16 heavy (non-hydrogen) atoms. The van der Waals surface area contributed by atoms with Gasteiger partial charge in [-0.1, -0.05) is 0 Å². The Morgan fingerprint density at radius 3 is 3.00 bits per heavy atom. The highest BCUT2D eigenvalue weighted by Gasteiger charge is 2.25. The molecular weight excluding hydrogens is 341 g/mol. The number of hydrogen-bond donors (Lipinski definition) is 1. The third-order valence-corrected chi connectivity index (χ3v) is 5.08. The fraction of sp³-hybridized carbons (Fsp3) is 0.556. The molecule has 1 fully saturated rings. The van der Waals surface area contributed by atoms with E-state index in [-0.39, 0.29) is 11.8 Å². The van der Waals surface area contributed by atoms with Crippen LogP contribution >= 0.6 is 22.6 Å². The van der Waals surface area contributed by atoms with Crippen molar-refractivity contribution < 1.29 is 8.42 Å². The van der Waals surface area contributed by atoms with Crippen molar-refractivity contribution in [3.63, 3.8) is 0 Å². The minimum absolute atomic E-state index is 0.0258. The van der Waals surface area contributed by atoms with Crippen LogP contribution in [0.4, 0.5) is 5.82 Å². The molecule has 1 saturated heterocycles. The molecular formula is C9H12IN3O2S. The maximum Gasteiger partial charge on any atom is 0.152 e. The van der Waals surface area contributed by atoms with Gasteiger partial charge >= 0.3 is 0 Å². The Bertz CT molecular complexity index is 477. The van der Waals surface area contributed by atoms with Gasteiger partial charge in [0.15, 0.2) is 9.84 Å². The van der Waals surface area contributed by atoms with Gasteiger partial charge in [0, 0.05) is 12.2 Å². The summed E-state index contributed by atoms with van der Waals surface area (Å²) in [6.45, 7) is 0. The predicted molar refractivity (Wildman–Crippen MR) is 70.0 cm³/mol. The number of nitrogens with zero attached hydrogens (tertiary/aromatic N) is 2. The topological polar surface area (TPSA) is 72.0 Å². The molecule has 0 aliphatic carbocycles. The maximum atomic E-state index is 11.5. The van der Waals surface area contributed by atoms with Gasteiger partial charge in [0.2, 0.25) is 0 Å². The van der Waals surface area contributed by atoms with Crippen LogP contribution in [-0.2, 0) is 9.84 Å². The van der Waals surface area contributed by atoms with Crippen molar-refractivity contribution in [1.82, 2.24) is 9.97 Å². The van der Waals surface area contributed by atoms with Crippen LogP contribution in [0.2, 0.25) is 0 Å². The molecule has 0 spiro atoms. The Labute approximate surface area is 108 Å². The molecule has 0 bridgehead atoms. The van der Waals surface area contributed by atoms with Crippen molar-refractivity contribution in [3.05, 3.63) is 16.1 Å². The summed E-state index contributed by atoms with van der Waals surface area (Å²) >= 11 is 2.13. The zero-order chi connectivity index (χ0) is 11.6. The molecule has 0 radical (unpaired) electrons. The van der Waals surface area contributed by atoms with Gasteiger partial charge in [-0.3, -0.25) is 0 Å². The molecule has 88 valence electrons. The second kappa shape index (κ2) is 4.82. The van der Waals surface area contributed by atoms with E-state index in [1.54, 1.807) is 6.20 Å². The van der Waals surface area contributed by atoms with Gasteiger partial charge in [-0.2, -0.15) is 0 Å². The monoisotopic (exact) mass is 353 g/mol. The fourth-order valence-electron chi connectivity index (χ4n) is 1.75. The molecule has 1 aromatic heterocycles. The first-order valence-electron chi connectivity index (χ1n) is 4.99. The first-order chi connectivity index (χ1) is 7.57. The number of anilines is 1. The summed E-state index contributed by atoms with van der Waals surface area (Å²) in [6.07, 6.45) is 4.76. The Kier molecular flexibility index (Phi) is 3.63. The molecule has 2 rings (SSSR count). The smallest absolute Gasteiger partial charge is 0.152 e. The Balaban J connectivity index is 2.08. The number of hydrogen-bond acceptors (Lipinski definition) is 5. The fourth-order valence-corrected chi connectivity index (χ4v) is 3.84. The van der Waals surface area contributed by atoms with Gasteiger partial charge in [0.05, 0.1) is 15.1 Å². The molecule has 0 saturated carbocycles. The molecule has 0 aromatic carbocycles. The van der Waals surface area contributed by atoms with Crippen LogP contribution in [0, 0.1) is 3.57 Å². The average molecular weight is 353 g/mol. The number of sulfone groups is 1. The zero-order valence-corrected chi connectivity index (χ0v) is 11.5. The third-order valence-electron chi connectivity index (χ3n) is 2.47. The van der Waals surface area contributed by atoms with Crippen LogP contribution in [0.3, 0.4) is 0 Å². The van der Waals surface area contributed by atoms with Gasteiger partial charge in [-0.05, 0) is 35.4 Å². The van der Waals surface area contributed by atoms with Crippen LogP contribution in [0.1, 0.15) is 12.8 Å². The lowest BCUT2D eigenvalue weighted by molar-refractivity contribution is 0.561. The Morgan fingerprint density at radius 2 is 2.31 bits per heavy atom. The van der Waals surface area contributed by atoms with E-state index in [2.05, 4.69) is 37.9 Å². The largest absolute Gasteiger partial charge is 0.365 e. The first kappa shape index (κ1) is 12.0. The van der Waals surface area contributed by atoms with Crippen molar-refractivity contribution >= 4 is 38.2 Å². The van der Waals surface area contributed by atoms with Gasteiger partial charge in [-0.25, -0.2) is 18.4 Å². The molecule has 1 aliphatic heterocycles. The van der Waals surface area contributed by atoms with Crippen molar-refractivity contribution in [3.8, 4) is 0 Å². The highest BCUT2D eigenvalue weighted by atomic mass is 127. The van der Waals surface area contributed by atoms with Crippen molar-refractivity contribution in [2.75, 3.05) is 16.8 Å². The first-order valence-corrected chi connectivity index (χ1v) is 7.89. The van der Waals surface area contributed by atoms with E-state index in [1.165, 1.54) is 6.33 Å². The molecule has 1 aliphatic rings. The van der Waals surface area contributed by atoms with E-state index in [1.807, 2.05) is 0 Å². The van der Waals surface area contributed by atoms with Crippen LogP contribution in [0.5, 0.6) is 0 Å². The van der Waals surface area contributed by atoms with Crippen molar-refractivity contribution in [2.24, 2.45) is 0 Å². The van der Waals surface area contributed by atoms with Crippen LogP contribution in [0.15, 0.2) is 12.5 Å². The normalized spacial score (nSPS) is 23.9. The zero-order valence-electron chi connectivity index (χ0n) is 8.56. The van der Waals surface area contributed by atoms with E-state index in [0.717, 1.165) is 22.2 Å². The van der Waals surface area contributed by atoms with Gasteiger partial charge in [0.25, 0.3) is 0 Å². The van der Waals surface area contributed by atoms with E-state index < -0.39 is 9.84 Å². The van der Waals surface area contributed by atoms with Crippen LogP contribution in [0.25, 0.3) is 0 Å². The summed E-state index contributed by atoms with van der Waals surface area (Å²) in [7, 11) is -2.87. The lowest BCUT2D eigenvalue weighted by Gasteiger charge is -2.23.